The first kappa shape index (κ1) is 22.9. The molecule has 0 aliphatic heterocycles. The predicted molar refractivity (Wildman–Crippen MR) is 104 cm³/mol. The van der Waals surface area contributed by atoms with E-state index in [0.717, 1.165) is 6.54 Å². The fourth-order valence-electron chi connectivity index (χ4n) is 3.20. The summed E-state index contributed by atoms with van der Waals surface area (Å²) >= 11 is 0. The lowest BCUT2D eigenvalue weighted by atomic mass is 10.0. The zero-order chi connectivity index (χ0) is 16.8. The summed E-state index contributed by atoms with van der Waals surface area (Å²) in [6.45, 7) is 3.29. The molecule has 0 aromatic rings. The van der Waals surface area contributed by atoms with Crippen molar-refractivity contribution in [3.8, 4) is 0 Å². The van der Waals surface area contributed by atoms with Crippen LogP contribution in [0.15, 0.2) is 0 Å². The minimum Gasteiger partial charge on any atom is -0.305 e. The lowest BCUT2D eigenvalue weighted by molar-refractivity contribution is 0.0904. The van der Waals surface area contributed by atoms with Crippen LogP contribution < -0.4 is 5.48 Å². The molecule has 0 saturated heterocycles. The van der Waals surface area contributed by atoms with E-state index in [1.165, 1.54) is 116 Å². The Balaban J connectivity index is 2.92. The Morgan fingerprint density at radius 2 is 0.783 bits per heavy atom. The molecule has 1 N–H and O–H groups in total. The zero-order valence-corrected chi connectivity index (χ0v) is 16.3. The van der Waals surface area contributed by atoms with Gasteiger partial charge in [-0.05, 0) is 6.42 Å². The number of hydrogen-bond donors (Lipinski definition) is 1. The largest absolute Gasteiger partial charge is 0.305 e. The third-order valence-electron chi connectivity index (χ3n) is 4.78. The van der Waals surface area contributed by atoms with E-state index in [9.17, 15) is 0 Å². The summed E-state index contributed by atoms with van der Waals surface area (Å²) in [7, 11) is 1.69. The van der Waals surface area contributed by atoms with Crippen molar-refractivity contribution in [2.24, 2.45) is 0 Å². The summed E-state index contributed by atoms with van der Waals surface area (Å²) in [5.41, 5.74) is 2.90. The molecular formula is C21H45NO. The Bertz CT molecular complexity index is 176. The van der Waals surface area contributed by atoms with Gasteiger partial charge in [-0.3, -0.25) is 0 Å². The second-order valence-corrected chi connectivity index (χ2v) is 7.11. The van der Waals surface area contributed by atoms with Gasteiger partial charge in [-0.25, -0.2) is 5.48 Å². The van der Waals surface area contributed by atoms with Gasteiger partial charge in [0.25, 0.3) is 0 Å². The highest BCUT2D eigenvalue weighted by atomic mass is 16.6. The first-order valence-electron chi connectivity index (χ1n) is 10.7. The number of unbranched alkanes of at least 4 members (excludes halogenated alkanes) is 17. The van der Waals surface area contributed by atoms with Gasteiger partial charge in [-0.1, -0.05) is 116 Å². The predicted octanol–water partition coefficient (Wildman–Crippen LogP) is 7.18. The summed E-state index contributed by atoms with van der Waals surface area (Å²) in [6.07, 6.45) is 25.8. The normalized spacial score (nSPS) is 11.2. The van der Waals surface area contributed by atoms with Gasteiger partial charge in [0.15, 0.2) is 0 Å². The molecule has 0 bridgehead atoms. The molecule has 0 heterocycles. The molecule has 0 aromatic heterocycles. The quantitative estimate of drug-likeness (QED) is 0.189. The van der Waals surface area contributed by atoms with E-state index >= 15 is 0 Å². The van der Waals surface area contributed by atoms with E-state index in [-0.39, 0.29) is 0 Å². The third kappa shape index (κ3) is 21.9. The van der Waals surface area contributed by atoms with Gasteiger partial charge in [0.2, 0.25) is 0 Å². The highest BCUT2D eigenvalue weighted by Crippen LogP contribution is 2.14. The second kappa shape index (κ2) is 21.9. The average Bonchev–Trinajstić information content (AvgIpc) is 2.57. The summed E-state index contributed by atoms with van der Waals surface area (Å²) in [5.74, 6) is 0. The van der Waals surface area contributed by atoms with Crippen LogP contribution in [0.3, 0.4) is 0 Å². The van der Waals surface area contributed by atoms with Crippen LogP contribution in [0.1, 0.15) is 122 Å². The van der Waals surface area contributed by atoms with Gasteiger partial charge in [0.1, 0.15) is 0 Å². The smallest absolute Gasteiger partial charge is 0.0572 e. The molecule has 2 heteroatoms. The molecule has 23 heavy (non-hydrogen) atoms. The van der Waals surface area contributed by atoms with Crippen molar-refractivity contribution in [1.29, 1.82) is 0 Å². The maximum Gasteiger partial charge on any atom is 0.0572 e. The van der Waals surface area contributed by atoms with Gasteiger partial charge in [-0.2, -0.15) is 0 Å². The van der Waals surface area contributed by atoms with Gasteiger partial charge >= 0.3 is 0 Å². The third-order valence-corrected chi connectivity index (χ3v) is 4.78. The molecule has 0 spiro atoms. The van der Waals surface area contributed by atoms with Crippen molar-refractivity contribution in [3.05, 3.63) is 0 Å². The van der Waals surface area contributed by atoms with Crippen LogP contribution in [-0.4, -0.2) is 13.7 Å². The summed E-state index contributed by atoms with van der Waals surface area (Å²) in [6, 6.07) is 0. The average molecular weight is 328 g/mol. The zero-order valence-electron chi connectivity index (χ0n) is 16.3. The Morgan fingerprint density at radius 1 is 0.478 bits per heavy atom. The van der Waals surface area contributed by atoms with Crippen LogP contribution >= 0.6 is 0 Å². The summed E-state index contributed by atoms with van der Waals surface area (Å²) in [5, 5.41) is 0. The molecule has 0 atom stereocenters. The number of rotatable bonds is 20. The van der Waals surface area contributed by atoms with E-state index in [0.29, 0.717) is 0 Å². The summed E-state index contributed by atoms with van der Waals surface area (Å²) in [4.78, 5) is 4.82. The van der Waals surface area contributed by atoms with Gasteiger partial charge in [0.05, 0.1) is 7.11 Å². The van der Waals surface area contributed by atoms with Gasteiger partial charge in [-0.15, -0.1) is 0 Å². The van der Waals surface area contributed by atoms with Gasteiger partial charge in [0, 0.05) is 6.54 Å². The van der Waals surface area contributed by atoms with Crippen molar-refractivity contribution < 1.29 is 4.84 Å². The Kier molecular flexibility index (Phi) is 21.8. The van der Waals surface area contributed by atoms with Gasteiger partial charge < -0.3 is 4.84 Å². The molecule has 0 rings (SSSR count). The molecule has 0 saturated carbocycles. The van der Waals surface area contributed by atoms with Crippen molar-refractivity contribution in [2.45, 2.75) is 122 Å². The van der Waals surface area contributed by atoms with Crippen LogP contribution in [0, 0.1) is 0 Å². The van der Waals surface area contributed by atoms with Crippen LogP contribution in [0.5, 0.6) is 0 Å². The summed E-state index contributed by atoms with van der Waals surface area (Å²) < 4.78 is 0. The molecule has 140 valence electrons. The molecule has 0 aliphatic rings. The van der Waals surface area contributed by atoms with Crippen LogP contribution in [0.4, 0.5) is 0 Å². The maximum atomic E-state index is 4.82. The van der Waals surface area contributed by atoms with Crippen LogP contribution in [0.25, 0.3) is 0 Å². The topological polar surface area (TPSA) is 21.3 Å². The van der Waals surface area contributed by atoms with Crippen molar-refractivity contribution >= 4 is 0 Å². The lowest BCUT2D eigenvalue weighted by Gasteiger charge is -2.04. The Morgan fingerprint density at radius 3 is 1.09 bits per heavy atom. The lowest BCUT2D eigenvalue weighted by Crippen LogP contribution is -2.12. The molecular weight excluding hydrogens is 282 g/mol. The first-order chi connectivity index (χ1) is 11.4. The molecule has 0 unspecified atom stereocenters. The molecule has 0 aliphatic carbocycles. The van der Waals surface area contributed by atoms with E-state index in [4.69, 9.17) is 4.84 Å². The minimum absolute atomic E-state index is 0.995. The van der Waals surface area contributed by atoms with E-state index < -0.39 is 0 Å². The maximum absolute atomic E-state index is 4.82. The minimum atomic E-state index is 0.995. The number of hydroxylamine groups is 1. The van der Waals surface area contributed by atoms with Crippen molar-refractivity contribution in [3.63, 3.8) is 0 Å². The number of nitrogens with one attached hydrogen (secondary N) is 1. The molecule has 2 nitrogen and oxygen atoms in total. The standard InChI is InChI=1S/C21H45NO/c1-3-4-5-6-7-8-9-10-11-12-13-14-15-16-17-18-19-20-21-22-23-2/h22H,3-21H2,1-2H3. The van der Waals surface area contributed by atoms with E-state index in [2.05, 4.69) is 12.4 Å². The van der Waals surface area contributed by atoms with Crippen LogP contribution in [0.2, 0.25) is 0 Å². The molecule has 0 radical (unpaired) electrons. The second-order valence-electron chi connectivity index (χ2n) is 7.11. The van der Waals surface area contributed by atoms with E-state index in [1.54, 1.807) is 7.11 Å². The highest BCUT2D eigenvalue weighted by Gasteiger charge is 1.95. The fourth-order valence-corrected chi connectivity index (χ4v) is 3.20. The Labute approximate surface area is 147 Å². The number of hydrogen-bond acceptors (Lipinski definition) is 2. The Hall–Kier alpha value is -0.0800. The van der Waals surface area contributed by atoms with Crippen molar-refractivity contribution in [2.75, 3.05) is 13.7 Å². The van der Waals surface area contributed by atoms with E-state index in [1.807, 2.05) is 0 Å². The van der Waals surface area contributed by atoms with Crippen LogP contribution in [-0.2, 0) is 4.84 Å². The highest BCUT2D eigenvalue weighted by molar-refractivity contribution is 4.50. The molecule has 0 amide bonds. The fraction of sp³-hybridized carbons (Fsp3) is 1.00. The molecule has 0 aromatic carbocycles. The monoisotopic (exact) mass is 327 g/mol. The first-order valence-corrected chi connectivity index (χ1v) is 10.7. The SMILES string of the molecule is CCCCCCCCCCCCCCCCCCCCNOC. The molecule has 0 fully saturated rings. The van der Waals surface area contributed by atoms with Crippen molar-refractivity contribution in [1.82, 2.24) is 5.48 Å².